The lowest BCUT2D eigenvalue weighted by Crippen LogP contribution is -2.58. The molecule has 5 atom stereocenters. The molecule has 0 bridgehead atoms. The fraction of sp³-hybridized carbons (Fsp3) is 0.600. The first kappa shape index (κ1) is 16.7. The van der Waals surface area contributed by atoms with Crippen molar-refractivity contribution in [2.24, 2.45) is 5.11 Å². The Balaban J connectivity index is 2.17. The average Bonchev–Trinajstić information content (AvgIpc) is 2.55. The van der Waals surface area contributed by atoms with E-state index in [1.54, 1.807) is 14.2 Å². The minimum Gasteiger partial charge on any atom is -0.373 e. The Morgan fingerprint density at radius 3 is 2.50 bits per heavy atom. The van der Waals surface area contributed by atoms with Crippen LogP contribution >= 0.6 is 0 Å². The predicted molar refractivity (Wildman–Crippen MR) is 80.1 cm³/mol. The van der Waals surface area contributed by atoms with Gasteiger partial charge in [-0.1, -0.05) is 35.4 Å². The quantitative estimate of drug-likeness (QED) is 0.459. The largest absolute Gasteiger partial charge is 0.373 e. The van der Waals surface area contributed by atoms with Crippen LogP contribution < -0.4 is 0 Å². The third-order valence-electron chi connectivity index (χ3n) is 3.73. The van der Waals surface area contributed by atoms with Gasteiger partial charge in [0.2, 0.25) is 0 Å². The number of ether oxygens (including phenoxy) is 4. The summed E-state index contributed by atoms with van der Waals surface area (Å²) in [5.74, 6) is 0. The highest BCUT2D eigenvalue weighted by molar-refractivity contribution is 5.13. The van der Waals surface area contributed by atoms with Crippen LogP contribution in [0.4, 0.5) is 0 Å². The molecule has 0 aromatic heterocycles. The number of methoxy groups -OCH3 is 2. The van der Waals surface area contributed by atoms with Gasteiger partial charge in [0.1, 0.15) is 12.2 Å². The predicted octanol–water partition coefficient (Wildman–Crippen LogP) is 2.66. The maximum atomic E-state index is 8.80. The van der Waals surface area contributed by atoms with E-state index < -0.39 is 24.5 Å². The molecule has 1 saturated heterocycles. The van der Waals surface area contributed by atoms with Crippen molar-refractivity contribution in [1.29, 1.82) is 0 Å². The monoisotopic (exact) mass is 307 g/mol. The molecule has 1 aromatic rings. The normalized spacial score (nSPS) is 31.5. The van der Waals surface area contributed by atoms with Crippen molar-refractivity contribution in [3.05, 3.63) is 46.3 Å². The van der Waals surface area contributed by atoms with Gasteiger partial charge in [-0.25, -0.2) is 0 Å². The van der Waals surface area contributed by atoms with Gasteiger partial charge in [0.05, 0.1) is 18.8 Å². The average molecular weight is 307 g/mol. The van der Waals surface area contributed by atoms with Crippen molar-refractivity contribution in [2.75, 3.05) is 14.2 Å². The molecule has 0 aliphatic carbocycles. The van der Waals surface area contributed by atoms with E-state index in [0.717, 1.165) is 5.56 Å². The molecule has 22 heavy (non-hydrogen) atoms. The van der Waals surface area contributed by atoms with Gasteiger partial charge in [0, 0.05) is 19.1 Å². The summed E-state index contributed by atoms with van der Waals surface area (Å²) in [5, 5.41) is 3.82. The molecule has 0 N–H and O–H groups in total. The highest BCUT2D eigenvalue weighted by Gasteiger charge is 2.45. The molecule has 7 heteroatoms. The van der Waals surface area contributed by atoms with Crippen LogP contribution in [0.15, 0.2) is 35.4 Å². The number of hydrogen-bond donors (Lipinski definition) is 0. The molecule has 7 nitrogen and oxygen atoms in total. The van der Waals surface area contributed by atoms with Gasteiger partial charge in [0.25, 0.3) is 0 Å². The lowest BCUT2D eigenvalue weighted by Gasteiger charge is -2.42. The van der Waals surface area contributed by atoms with Crippen molar-refractivity contribution < 1.29 is 18.9 Å². The van der Waals surface area contributed by atoms with E-state index in [1.165, 1.54) is 0 Å². The van der Waals surface area contributed by atoms with Crippen LogP contribution in [0.1, 0.15) is 12.5 Å². The fourth-order valence-corrected chi connectivity index (χ4v) is 2.60. The van der Waals surface area contributed by atoms with Gasteiger partial charge in [0.15, 0.2) is 6.29 Å². The first-order valence-electron chi connectivity index (χ1n) is 7.12. The number of hydrogen-bond acceptors (Lipinski definition) is 5. The molecule has 1 heterocycles. The first-order valence-corrected chi connectivity index (χ1v) is 7.12. The zero-order valence-electron chi connectivity index (χ0n) is 13.0. The third kappa shape index (κ3) is 3.76. The van der Waals surface area contributed by atoms with Crippen LogP contribution in [-0.4, -0.2) is 44.9 Å². The zero-order valence-corrected chi connectivity index (χ0v) is 13.0. The highest BCUT2D eigenvalue weighted by Crippen LogP contribution is 2.28. The molecule has 0 spiro atoms. The maximum Gasteiger partial charge on any atom is 0.186 e. The second kappa shape index (κ2) is 8.12. The molecule has 120 valence electrons. The summed E-state index contributed by atoms with van der Waals surface area (Å²) >= 11 is 0. The Morgan fingerprint density at radius 1 is 1.18 bits per heavy atom. The number of rotatable bonds is 6. The van der Waals surface area contributed by atoms with Gasteiger partial charge in [-0.05, 0) is 18.0 Å². The molecular formula is C15H21N3O4. The van der Waals surface area contributed by atoms with Crippen LogP contribution in [0.3, 0.4) is 0 Å². The lowest BCUT2D eigenvalue weighted by molar-refractivity contribution is -0.275. The Kier molecular flexibility index (Phi) is 6.18. The SMILES string of the molecule is CO[C@H]1O[C@H](C)[C@@H](N=[N+]=[N-])[C@H](OCc2ccccc2)[C@@H]1OC. The second-order valence-electron chi connectivity index (χ2n) is 5.10. The van der Waals surface area contributed by atoms with Crippen molar-refractivity contribution in [2.45, 2.75) is 44.2 Å². The Hall–Kier alpha value is -1.63. The number of benzene rings is 1. The van der Waals surface area contributed by atoms with Crippen molar-refractivity contribution in [3.8, 4) is 0 Å². The van der Waals surface area contributed by atoms with Crippen molar-refractivity contribution >= 4 is 0 Å². The summed E-state index contributed by atoms with van der Waals surface area (Å²) in [5.41, 5.74) is 9.83. The molecule has 0 saturated carbocycles. The topological polar surface area (TPSA) is 85.7 Å². The first-order chi connectivity index (χ1) is 10.7. The summed E-state index contributed by atoms with van der Waals surface area (Å²) in [6.45, 7) is 2.22. The molecule has 1 aliphatic rings. The summed E-state index contributed by atoms with van der Waals surface area (Å²) in [6, 6.07) is 9.30. The fourth-order valence-electron chi connectivity index (χ4n) is 2.60. The van der Waals surface area contributed by atoms with Gasteiger partial charge < -0.3 is 18.9 Å². The van der Waals surface area contributed by atoms with Crippen molar-refractivity contribution in [3.63, 3.8) is 0 Å². The van der Waals surface area contributed by atoms with Gasteiger partial charge in [-0.15, -0.1) is 0 Å². The summed E-state index contributed by atoms with van der Waals surface area (Å²) in [4.78, 5) is 2.90. The highest BCUT2D eigenvalue weighted by atomic mass is 16.7. The van der Waals surface area contributed by atoms with Crippen molar-refractivity contribution in [1.82, 2.24) is 0 Å². The van der Waals surface area contributed by atoms with E-state index >= 15 is 0 Å². The van der Waals surface area contributed by atoms with Gasteiger partial charge >= 0.3 is 0 Å². The Labute approximate surface area is 129 Å². The van der Waals surface area contributed by atoms with E-state index in [-0.39, 0.29) is 6.10 Å². The van der Waals surface area contributed by atoms with E-state index in [9.17, 15) is 0 Å². The van der Waals surface area contributed by atoms with Crippen LogP contribution in [0.2, 0.25) is 0 Å². The van der Waals surface area contributed by atoms with E-state index in [4.69, 9.17) is 24.5 Å². The lowest BCUT2D eigenvalue weighted by atomic mass is 9.97. The third-order valence-corrected chi connectivity index (χ3v) is 3.73. The molecule has 1 aliphatic heterocycles. The maximum absolute atomic E-state index is 8.80. The van der Waals surface area contributed by atoms with Crippen LogP contribution in [0.5, 0.6) is 0 Å². The smallest absolute Gasteiger partial charge is 0.186 e. The van der Waals surface area contributed by atoms with Gasteiger partial charge in [-0.3, -0.25) is 0 Å². The summed E-state index contributed by atoms with van der Waals surface area (Å²) in [6.07, 6.45) is -1.81. The molecule has 2 rings (SSSR count). The van der Waals surface area contributed by atoms with E-state index in [0.29, 0.717) is 6.61 Å². The summed E-state index contributed by atoms with van der Waals surface area (Å²) in [7, 11) is 3.10. The van der Waals surface area contributed by atoms with E-state index in [2.05, 4.69) is 10.0 Å². The van der Waals surface area contributed by atoms with Gasteiger partial charge in [-0.2, -0.15) is 0 Å². The standard InChI is InChI=1S/C15H21N3O4/c1-10-12(17-18-16)13(14(19-2)15(20-3)22-10)21-9-11-7-5-4-6-8-11/h4-8,10,12-15H,9H2,1-3H3/t10-,12-,13+,14+,15+/m1/s1. The molecule has 0 radical (unpaired) electrons. The Bertz CT molecular complexity index is 507. The molecule has 0 unspecified atom stereocenters. The summed E-state index contributed by atoms with van der Waals surface area (Å²) < 4.78 is 22.5. The minimum atomic E-state index is -0.564. The molecule has 1 fully saturated rings. The molecule has 1 aromatic carbocycles. The van der Waals surface area contributed by atoms with Crippen LogP contribution in [0.25, 0.3) is 10.4 Å². The number of azide groups is 1. The molecule has 0 amide bonds. The zero-order chi connectivity index (χ0) is 15.9. The van der Waals surface area contributed by atoms with Crippen LogP contribution in [0, 0.1) is 0 Å². The second-order valence-corrected chi connectivity index (χ2v) is 5.10. The van der Waals surface area contributed by atoms with Crippen LogP contribution in [-0.2, 0) is 25.6 Å². The Morgan fingerprint density at radius 2 is 1.91 bits per heavy atom. The number of nitrogens with zero attached hydrogens (tertiary/aromatic N) is 3. The molecular weight excluding hydrogens is 286 g/mol. The van der Waals surface area contributed by atoms with E-state index in [1.807, 2.05) is 37.3 Å². The minimum absolute atomic E-state index is 0.326.